The Morgan fingerprint density at radius 2 is 2.16 bits per heavy atom. The quantitative estimate of drug-likeness (QED) is 0.896. The predicted octanol–water partition coefficient (Wildman–Crippen LogP) is 1.77. The van der Waals surface area contributed by atoms with E-state index in [0.29, 0.717) is 17.9 Å². The van der Waals surface area contributed by atoms with Crippen LogP contribution in [0, 0.1) is 5.92 Å². The van der Waals surface area contributed by atoms with Crippen LogP contribution in [0.25, 0.3) is 0 Å². The van der Waals surface area contributed by atoms with E-state index < -0.39 is 0 Å². The zero-order chi connectivity index (χ0) is 13.2. The van der Waals surface area contributed by atoms with Gasteiger partial charge in [-0.2, -0.15) is 4.98 Å². The molecule has 5 nitrogen and oxygen atoms in total. The molecular formula is C14H22N4O. The van der Waals surface area contributed by atoms with Crippen molar-refractivity contribution in [3.8, 4) is 5.88 Å². The monoisotopic (exact) mass is 262 g/mol. The van der Waals surface area contributed by atoms with Crippen LogP contribution in [0.15, 0.2) is 12.3 Å². The van der Waals surface area contributed by atoms with Gasteiger partial charge >= 0.3 is 0 Å². The van der Waals surface area contributed by atoms with Crippen molar-refractivity contribution in [3.05, 3.63) is 12.3 Å². The highest BCUT2D eigenvalue weighted by Gasteiger charge is 2.34. The number of anilines is 1. The number of piperidine rings is 3. The number of ether oxygens (including phenoxy) is 1. The molecule has 1 aromatic heterocycles. The molecule has 4 rings (SSSR count). The molecule has 0 aliphatic carbocycles. The lowest BCUT2D eigenvalue weighted by Crippen LogP contribution is -2.53. The maximum Gasteiger partial charge on any atom is 0.226 e. The van der Waals surface area contributed by atoms with E-state index in [0.717, 1.165) is 12.5 Å². The van der Waals surface area contributed by atoms with E-state index in [1.165, 1.54) is 25.9 Å². The Balaban J connectivity index is 1.66. The summed E-state index contributed by atoms with van der Waals surface area (Å²) in [7, 11) is 0. The van der Waals surface area contributed by atoms with Gasteiger partial charge < -0.3 is 15.0 Å². The van der Waals surface area contributed by atoms with Gasteiger partial charge in [0.25, 0.3) is 0 Å². The van der Waals surface area contributed by atoms with Crippen molar-refractivity contribution in [1.82, 2.24) is 14.9 Å². The summed E-state index contributed by atoms with van der Waals surface area (Å²) >= 11 is 0. The highest BCUT2D eigenvalue weighted by Crippen LogP contribution is 2.29. The molecule has 1 unspecified atom stereocenters. The number of hydrogen-bond acceptors (Lipinski definition) is 5. The minimum absolute atomic E-state index is 0.138. The summed E-state index contributed by atoms with van der Waals surface area (Å²) in [5.41, 5.74) is 0. The third kappa shape index (κ3) is 2.97. The second-order valence-corrected chi connectivity index (χ2v) is 5.77. The molecule has 1 atom stereocenters. The van der Waals surface area contributed by atoms with Crippen LogP contribution < -0.4 is 10.1 Å². The van der Waals surface area contributed by atoms with Crippen molar-refractivity contribution < 1.29 is 4.74 Å². The molecule has 2 bridgehead atoms. The molecule has 5 heteroatoms. The molecule has 3 aliphatic heterocycles. The molecule has 1 N–H and O–H groups in total. The highest BCUT2D eigenvalue weighted by atomic mass is 16.5. The third-order valence-electron chi connectivity index (χ3n) is 3.96. The zero-order valence-corrected chi connectivity index (χ0v) is 11.7. The lowest BCUT2D eigenvalue weighted by atomic mass is 9.84. The van der Waals surface area contributed by atoms with Crippen molar-refractivity contribution in [2.75, 3.05) is 25.0 Å². The Labute approximate surface area is 114 Å². The molecule has 3 fully saturated rings. The van der Waals surface area contributed by atoms with Crippen LogP contribution in [-0.4, -0.2) is 46.6 Å². The predicted molar refractivity (Wildman–Crippen MR) is 74.4 cm³/mol. The van der Waals surface area contributed by atoms with Crippen LogP contribution in [0.2, 0.25) is 0 Å². The molecule has 3 saturated heterocycles. The fraction of sp³-hybridized carbons (Fsp3) is 0.714. The van der Waals surface area contributed by atoms with Gasteiger partial charge in [-0.3, -0.25) is 0 Å². The molecule has 1 aromatic rings. The number of rotatable bonds is 4. The lowest BCUT2D eigenvalue weighted by Gasteiger charge is -2.44. The average molecular weight is 262 g/mol. The normalized spacial score (nSPS) is 29.5. The van der Waals surface area contributed by atoms with E-state index in [1.54, 1.807) is 6.20 Å². The van der Waals surface area contributed by atoms with Gasteiger partial charge in [-0.25, -0.2) is 4.98 Å². The Bertz CT molecular complexity index is 429. The first-order valence-electron chi connectivity index (χ1n) is 7.19. The van der Waals surface area contributed by atoms with Crippen LogP contribution >= 0.6 is 0 Å². The lowest BCUT2D eigenvalue weighted by molar-refractivity contribution is 0.0971. The molecule has 0 saturated carbocycles. The smallest absolute Gasteiger partial charge is 0.226 e. The van der Waals surface area contributed by atoms with Gasteiger partial charge in [0, 0.05) is 24.8 Å². The van der Waals surface area contributed by atoms with Gasteiger partial charge in [-0.05, 0) is 45.7 Å². The summed E-state index contributed by atoms with van der Waals surface area (Å²) in [5, 5.41) is 3.48. The maximum absolute atomic E-state index is 5.60. The number of fused-ring (bicyclic) bond motifs is 3. The van der Waals surface area contributed by atoms with Gasteiger partial charge in [0.05, 0.1) is 6.10 Å². The van der Waals surface area contributed by atoms with E-state index >= 15 is 0 Å². The van der Waals surface area contributed by atoms with Crippen molar-refractivity contribution >= 4 is 5.95 Å². The molecule has 0 amide bonds. The first-order chi connectivity index (χ1) is 9.20. The Morgan fingerprint density at radius 3 is 2.79 bits per heavy atom. The van der Waals surface area contributed by atoms with Crippen molar-refractivity contribution in [2.45, 2.75) is 38.8 Å². The van der Waals surface area contributed by atoms with Crippen LogP contribution in [0.4, 0.5) is 5.95 Å². The Hall–Kier alpha value is -1.36. The Kier molecular flexibility index (Phi) is 3.55. The summed E-state index contributed by atoms with van der Waals surface area (Å²) < 4.78 is 5.60. The first kappa shape index (κ1) is 12.7. The zero-order valence-electron chi connectivity index (χ0n) is 11.7. The molecule has 0 aromatic carbocycles. The fourth-order valence-electron chi connectivity index (χ4n) is 3.01. The van der Waals surface area contributed by atoms with Gasteiger partial charge in [-0.15, -0.1) is 0 Å². The van der Waals surface area contributed by atoms with Gasteiger partial charge in [0.2, 0.25) is 11.8 Å². The van der Waals surface area contributed by atoms with E-state index in [-0.39, 0.29) is 6.10 Å². The van der Waals surface area contributed by atoms with Crippen molar-refractivity contribution in [2.24, 2.45) is 5.92 Å². The average Bonchev–Trinajstić information content (AvgIpc) is 2.39. The minimum atomic E-state index is 0.138. The van der Waals surface area contributed by atoms with Crippen molar-refractivity contribution in [1.29, 1.82) is 0 Å². The molecule has 0 radical (unpaired) electrons. The van der Waals surface area contributed by atoms with Crippen molar-refractivity contribution in [3.63, 3.8) is 0 Å². The van der Waals surface area contributed by atoms with Crippen LogP contribution in [0.5, 0.6) is 5.88 Å². The van der Waals surface area contributed by atoms with Gasteiger partial charge in [-0.1, -0.05) is 0 Å². The topological polar surface area (TPSA) is 50.3 Å². The number of hydrogen-bond donors (Lipinski definition) is 1. The molecule has 4 heterocycles. The first-order valence-corrected chi connectivity index (χ1v) is 7.19. The summed E-state index contributed by atoms with van der Waals surface area (Å²) in [4.78, 5) is 11.3. The summed E-state index contributed by atoms with van der Waals surface area (Å²) in [5.74, 6) is 2.11. The fourth-order valence-corrected chi connectivity index (χ4v) is 3.01. The Morgan fingerprint density at radius 1 is 1.37 bits per heavy atom. The SMILES string of the molecule is CC(C)Oc1ccnc(NC2CN3CCC2CC3)n1. The standard InChI is InChI=1S/C14H22N4O/c1-10(2)19-13-3-6-15-14(17-13)16-12-9-18-7-4-11(12)5-8-18/h3,6,10-12H,4-5,7-9H2,1-2H3,(H,15,16,17). The number of nitrogens with zero attached hydrogens (tertiary/aromatic N) is 3. The second kappa shape index (κ2) is 5.33. The van der Waals surface area contributed by atoms with Gasteiger partial charge in [0.1, 0.15) is 0 Å². The minimum Gasteiger partial charge on any atom is -0.475 e. The van der Waals surface area contributed by atoms with E-state index in [4.69, 9.17) is 4.74 Å². The number of aromatic nitrogens is 2. The molecular weight excluding hydrogens is 240 g/mol. The largest absolute Gasteiger partial charge is 0.475 e. The van der Waals surface area contributed by atoms with Crippen LogP contribution in [0.3, 0.4) is 0 Å². The molecule has 104 valence electrons. The maximum atomic E-state index is 5.60. The summed E-state index contributed by atoms with van der Waals surface area (Å²) in [6.45, 7) is 7.62. The molecule has 3 aliphatic rings. The van der Waals surface area contributed by atoms with E-state index in [1.807, 2.05) is 19.9 Å². The van der Waals surface area contributed by atoms with E-state index in [2.05, 4.69) is 20.2 Å². The van der Waals surface area contributed by atoms with Crippen LogP contribution in [0.1, 0.15) is 26.7 Å². The van der Waals surface area contributed by atoms with Crippen LogP contribution in [-0.2, 0) is 0 Å². The third-order valence-corrected chi connectivity index (χ3v) is 3.96. The number of nitrogens with one attached hydrogen (secondary N) is 1. The molecule has 19 heavy (non-hydrogen) atoms. The van der Waals surface area contributed by atoms with E-state index in [9.17, 15) is 0 Å². The summed E-state index contributed by atoms with van der Waals surface area (Å²) in [6, 6.07) is 2.29. The summed E-state index contributed by atoms with van der Waals surface area (Å²) in [6.07, 6.45) is 4.48. The van der Waals surface area contributed by atoms with Gasteiger partial charge in [0.15, 0.2) is 0 Å². The second-order valence-electron chi connectivity index (χ2n) is 5.77. The highest BCUT2D eigenvalue weighted by molar-refractivity contribution is 5.30. The molecule has 0 spiro atoms.